The van der Waals surface area contributed by atoms with Gasteiger partial charge in [-0.1, -0.05) is 42.8 Å². The van der Waals surface area contributed by atoms with Crippen molar-refractivity contribution in [2.45, 2.75) is 53.4 Å². The first-order valence-electron chi connectivity index (χ1n) is 9.10. The fourth-order valence-corrected chi connectivity index (χ4v) is 4.78. The maximum atomic E-state index is 12.7. The molecule has 134 valence electrons. The largest absolute Gasteiger partial charge is 0.318 e. The van der Waals surface area contributed by atoms with Crippen LogP contribution in [0.3, 0.4) is 0 Å². The highest BCUT2D eigenvalue weighted by Crippen LogP contribution is 2.33. The summed E-state index contributed by atoms with van der Waals surface area (Å²) in [5, 5.41) is 0. The van der Waals surface area contributed by atoms with Crippen molar-refractivity contribution >= 4 is 13.3 Å². The van der Waals surface area contributed by atoms with Crippen LogP contribution in [0.1, 0.15) is 57.4 Å². The second-order valence-electron chi connectivity index (χ2n) is 6.93. The zero-order chi connectivity index (χ0) is 18.4. The molecule has 2 nitrogen and oxygen atoms in total. The maximum absolute atomic E-state index is 12.7. The number of rotatable bonds is 8. The van der Waals surface area contributed by atoms with Gasteiger partial charge in [0, 0.05) is 11.7 Å². The molecule has 3 heteroatoms. The second kappa shape index (κ2) is 9.15. The molecule has 0 heterocycles. The van der Waals surface area contributed by atoms with E-state index >= 15 is 0 Å². The molecular weight excluding hydrogens is 327 g/mol. The van der Waals surface area contributed by atoms with E-state index in [2.05, 4.69) is 31.2 Å². The van der Waals surface area contributed by atoms with Crippen LogP contribution in [0.5, 0.6) is 0 Å². The standard InChI is InChI=1S/C22H29O2P/c1-16-15-17(2)21(19(4)18(16)3)22(23)25(24)14-10-6-9-13-20-11-7-5-8-12-20/h5,7-8,11-12,15,25H,6,9-10,13-14H2,1-4H3. The molecule has 0 aliphatic heterocycles. The highest BCUT2D eigenvalue weighted by atomic mass is 31.1. The zero-order valence-electron chi connectivity index (χ0n) is 15.8. The van der Waals surface area contributed by atoms with E-state index in [4.69, 9.17) is 0 Å². The third kappa shape index (κ3) is 5.16. The van der Waals surface area contributed by atoms with Gasteiger partial charge in [0.1, 0.15) is 7.80 Å². The molecule has 2 aromatic rings. The number of aryl methyl sites for hydroxylation is 3. The molecule has 0 saturated carbocycles. The Labute approximate surface area is 152 Å². The average Bonchev–Trinajstić information content (AvgIpc) is 2.60. The third-order valence-corrected chi connectivity index (χ3v) is 6.61. The van der Waals surface area contributed by atoms with Gasteiger partial charge in [-0.2, -0.15) is 0 Å². The second-order valence-corrected chi connectivity index (χ2v) is 8.73. The van der Waals surface area contributed by atoms with E-state index in [1.807, 2.05) is 32.9 Å². The highest BCUT2D eigenvalue weighted by molar-refractivity contribution is 7.64. The van der Waals surface area contributed by atoms with Crippen molar-refractivity contribution in [1.29, 1.82) is 0 Å². The fourth-order valence-electron chi connectivity index (χ4n) is 3.32. The molecule has 0 amide bonds. The molecule has 0 aromatic heterocycles. The minimum Gasteiger partial charge on any atom is -0.318 e. The zero-order valence-corrected chi connectivity index (χ0v) is 16.8. The Kier molecular flexibility index (Phi) is 7.20. The van der Waals surface area contributed by atoms with Crippen molar-refractivity contribution < 1.29 is 9.36 Å². The van der Waals surface area contributed by atoms with Gasteiger partial charge >= 0.3 is 0 Å². The number of hydrogen-bond donors (Lipinski definition) is 0. The van der Waals surface area contributed by atoms with Crippen LogP contribution in [0.2, 0.25) is 0 Å². The minimum atomic E-state index is -2.23. The van der Waals surface area contributed by atoms with Crippen molar-refractivity contribution in [3.8, 4) is 0 Å². The van der Waals surface area contributed by atoms with E-state index in [1.165, 1.54) is 11.1 Å². The van der Waals surface area contributed by atoms with Crippen LogP contribution in [0.4, 0.5) is 0 Å². The van der Waals surface area contributed by atoms with Crippen LogP contribution < -0.4 is 0 Å². The van der Waals surface area contributed by atoms with Gasteiger partial charge in [-0.15, -0.1) is 0 Å². The van der Waals surface area contributed by atoms with E-state index in [1.54, 1.807) is 0 Å². The monoisotopic (exact) mass is 356 g/mol. The van der Waals surface area contributed by atoms with Gasteiger partial charge in [-0.05, 0) is 74.8 Å². The summed E-state index contributed by atoms with van der Waals surface area (Å²) >= 11 is 0. The minimum absolute atomic E-state index is 0.133. The Hall–Kier alpha value is -1.66. The van der Waals surface area contributed by atoms with Crippen molar-refractivity contribution in [2.24, 2.45) is 0 Å². The van der Waals surface area contributed by atoms with Crippen LogP contribution in [-0.4, -0.2) is 11.7 Å². The lowest BCUT2D eigenvalue weighted by Gasteiger charge is -2.14. The summed E-state index contributed by atoms with van der Waals surface area (Å²) < 4.78 is 12.5. The quantitative estimate of drug-likeness (QED) is 0.427. The lowest BCUT2D eigenvalue weighted by Crippen LogP contribution is -2.05. The molecule has 0 radical (unpaired) electrons. The summed E-state index contributed by atoms with van der Waals surface area (Å²) in [5.74, 6) is 0. The molecule has 0 aliphatic carbocycles. The molecule has 0 bridgehead atoms. The first-order valence-corrected chi connectivity index (χ1v) is 10.7. The van der Waals surface area contributed by atoms with Crippen molar-refractivity contribution in [2.75, 3.05) is 6.16 Å². The molecule has 0 aliphatic rings. The van der Waals surface area contributed by atoms with Gasteiger partial charge < -0.3 is 4.57 Å². The Bertz CT molecular complexity index is 763. The maximum Gasteiger partial charge on any atom is 0.219 e. The summed E-state index contributed by atoms with van der Waals surface area (Å²) in [6.45, 7) is 8.00. The molecular formula is C22H29O2P. The topological polar surface area (TPSA) is 34.1 Å². The van der Waals surface area contributed by atoms with Crippen LogP contribution >= 0.6 is 7.80 Å². The van der Waals surface area contributed by atoms with Gasteiger partial charge in [0.05, 0.1) is 0 Å². The lowest BCUT2D eigenvalue weighted by atomic mass is 9.95. The molecule has 25 heavy (non-hydrogen) atoms. The molecule has 2 rings (SSSR count). The van der Waals surface area contributed by atoms with Crippen LogP contribution in [-0.2, 0) is 11.0 Å². The van der Waals surface area contributed by atoms with Crippen molar-refractivity contribution in [3.63, 3.8) is 0 Å². The average molecular weight is 356 g/mol. The number of unbranched alkanes of at least 4 members (excludes halogenated alkanes) is 2. The summed E-state index contributed by atoms with van der Waals surface area (Å²) in [7, 11) is -2.23. The number of hydrogen-bond acceptors (Lipinski definition) is 2. The third-order valence-electron chi connectivity index (χ3n) is 5.05. The van der Waals surface area contributed by atoms with Gasteiger partial charge in [0.15, 0.2) is 0 Å². The van der Waals surface area contributed by atoms with Crippen LogP contribution in [0, 0.1) is 27.7 Å². The highest BCUT2D eigenvalue weighted by Gasteiger charge is 2.20. The SMILES string of the molecule is Cc1cc(C)c(C(=O)[PH](=O)CCCCCc2ccccc2)c(C)c1C. The van der Waals surface area contributed by atoms with E-state index in [0.717, 1.165) is 42.4 Å². The number of carbonyl (C=O) groups is 1. The van der Waals surface area contributed by atoms with Gasteiger partial charge in [0.2, 0.25) is 5.52 Å². The van der Waals surface area contributed by atoms with Gasteiger partial charge in [-0.25, -0.2) is 0 Å². The summed E-state index contributed by atoms with van der Waals surface area (Å²) in [6.07, 6.45) is 4.53. The predicted octanol–water partition coefficient (Wildman–Crippen LogP) is 6.03. The van der Waals surface area contributed by atoms with E-state index in [0.29, 0.717) is 11.7 Å². The van der Waals surface area contributed by atoms with E-state index < -0.39 is 7.80 Å². The van der Waals surface area contributed by atoms with Crippen molar-refractivity contribution in [3.05, 3.63) is 69.8 Å². The van der Waals surface area contributed by atoms with E-state index in [-0.39, 0.29) is 5.52 Å². The van der Waals surface area contributed by atoms with Gasteiger partial charge in [-0.3, -0.25) is 4.79 Å². The molecule has 0 spiro atoms. The smallest absolute Gasteiger partial charge is 0.219 e. The molecule has 1 atom stereocenters. The summed E-state index contributed by atoms with van der Waals surface area (Å²) in [4.78, 5) is 12.7. The Morgan fingerprint density at radius 1 is 0.880 bits per heavy atom. The Balaban J connectivity index is 1.87. The van der Waals surface area contributed by atoms with E-state index in [9.17, 15) is 9.36 Å². The molecule has 0 fully saturated rings. The molecule has 0 N–H and O–H groups in total. The summed E-state index contributed by atoms with van der Waals surface area (Å²) in [5.41, 5.74) is 6.16. The Morgan fingerprint density at radius 3 is 2.24 bits per heavy atom. The lowest BCUT2D eigenvalue weighted by molar-refractivity contribution is 0.107. The predicted molar refractivity (Wildman–Crippen MR) is 108 cm³/mol. The molecule has 1 unspecified atom stereocenters. The first-order chi connectivity index (χ1) is 11.9. The summed E-state index contributed by atoms with van der Waals surface area (Å²) in [6, 6.07) is 12.4. The number of benzene rings is 2. The molecule has 2 aromatic carbocycles. The first kappa shape index (κ1) is 19.7. The van der Waals surface area contributed by atoms with Crippen LogP contribution in [0.25, 0.3) is 0 Å². The Morgan fingerprint density at radius 2 is 1.56 bits per heavy atom. The van der Waals surface area contributed by atoms with Crippen molar-refractivity contribution in [1.82, 2.24) is 0 Å². The fraction of sp³-hybridized carbons (Fsp3) is 0.409. The van der Waals surface area contributed by atoms with Gasteiger partial charge in [0.25, 0.3) is 0 Å². The molecule has 0 saturated heterocycles. The van der Waals surface area contributed by atoms with Crippen LogP contribution in [0.15, 0.2) is 36.4 Å². The number of carbonyl (C=O) groups excluding carboxylic acids is 1. The normalized spacial score (nSPS) is 12.2.